The number of esters is 1. The highest BCUT2D eigenvalue weighted by Crippen LogP contribution is 2.27. The summed E-state index contributed by atoms with van der Waals surface area (Å²) in [5.41, 5.74) is 3.25. The molecule has 0 amide bonds. The van der Waals surface area contributed by atoms with E-state index in [1.165, 1.54) is 94.6 Å². The molecule has 0 unspecified atom stereocenters. The number of benzene rings is 2. The predicted molar refractivity (Wildman–Crippen MR) is 139 cm³/mol. The van der Waals surface area contributed by atoms with Crippen LogP contribution < -0.4 is 4.74 Å². The summed E-state index contributed by atoms with van der Waals surface area (Å²) in [5.74, 6) is 1.21. The summed E-state index contributed by atoms with van der Waals surface area (Å²) in [7, 11) is 0. The van der Waals surface area contributed by atoms with Gasteiger partial charge in [-0.25, -0.2) is 4.79 Å². The summed E-state index contributed by atoms with van der Waals surface area (Å²) < 4.78 is 5.60. The molecule has 0 spiro atoms. The van der Waals surface area contributed by atoms with Crippen molar-refractivity contribution in [2.75, 3.05) is 0 Å². The highest BCUT2D eigenvalue weighted by Gasteiger charge is 2.13. The van der Waals surface area contributed by atoms with Gasteiger partial charge in [0.25, 0.3) is 0 Å². The van der Waals surface area contributed by atoms with Crippen molar-refractivity contribution in [3.63, 3.8) is 0 Å². The number of hydrogen-bond donors (Lipinski definition) is 0. The van der Waals surface area contributed by atoms with Crippen LogP contribution in [-0.4, -0.2) is 5.97 Å². The topological polar surface area (TPSA) is 26.3 Å². The predicted octanol–water partition coefficient (Wildman–Crippen LogP) is 8.92. The average Bonchev–Trinajstić information content (AvgIpc) is 2.86. The Morgan fingerprint density at radius 3 is 2.00 bits per heavy atom. The van der Waals surface area contributed by atoms with Crippen LogP contribution in [0.3, 0.4) is 0 Å². The lowest BCUT2D eigenvalue weighted by atomic mass is 9.85. The quantitative estimate of drug-likeness (QED) is 0.164. The molecule has 0 saturated heterocycles. The van der Waals surface area contributed by atoms with Gasteiger partial charge in [0, 0.05) is 0 Å². The van der Waals surface area contributed by atoms with Crippen molar-refractivity contribution < 1.29 is 9.53 Å². The molecule has 0 bridgehead atoms. The van der Waals surface area contributed by atoms with Crippen molar-refractivity contribution in [3.8, 4) is 5.75 Å². The first-order chi connectivity index (χ1) is 16.2. The van der Waals surface area contributed by atoms with E-state index >= 15 is 0 Å². The zero-order valence-corrected chi connectivity index (χ0v) is 20.7. The molecule has 33 heavy (non-hydrogen) atoms. The molecule has 0 aliphatic heterocycles. The fourth-order valence-electron chi connectivity index (χ4n) is 4.82. The molecule has 1 saturated carbocycles. The molecular weight excluding hydrogens is 404 g/mol. The Labute approximate surface area is 202 Å². The molecule has 2 aromatic carbocycles. The van der Waals surface area contributed by atoms with Crippen LogP contribution in [0.1, 0.15) is 112 Å². The Bertz CT molecular complexity index is 785. The van der Waals surface area contributed by atoms with Gasteiger partial charge in [0.15, 0.2) is 0 Å². The van der Waals surface area contributed by atoms with Gasteiger partial charge in [-0.05, 0) is 86.3 Å². The van der Waals surface area contributed by atoms with Crippen LogP contribution in [0.15, 0.2) is 48.5 Å². The molecule has 1 aliphatic rings. The third kappa shape index (κ3) is 9.74. The summed E-state index contributed by atoms with van der Waals surface area (Å²) in [4.78, 5) is 12.5. The third-order valence-electron chi connectivity index (χ3n) is 7.04. The van der Waals surface area contributed by atoms with Gasteiger partial charge in [-0.15, -0.1) is 0 Å². The van der Waals surface area contributed by atoms with Gasteiger partial charge in [-0.2, -0.15) is 0 Å². The maximum Gasteiger partial charge on any atom is 0.343 e. The van der Waals surface area contributed by atoms with Crippen molar-refractivity contribution in [2.24, 2.45) is 5.92 Å². The van der Waals surface area contributed by atoms with Crippen LogP contribution in [-0.2, 0) is 12.8 Å². The number of ether oxygens (including phenoxy) is 1. The van der Waals surface area contributed by atoms with E-state index in [4.69, 9.17) is 4.74 Å². The maximum atomic E-state index is 12.5. The largest absolute Gasteiger partial charge is 0.423 e. The van der Waals surface area contributed by atoms with Crippen molar-refractivity contribution >= 4 is 5.97 Å². The zero-order chi connectivity index (χ0) is 23.1. The third-order valence-corrected chi connectivity index (χ3v) is 7.04. The van der Waals surface area contributed by atoms with E-state index < -0.39 is 0 Å². The van der Waals surface area contributed by atoms with Crippen LogP contribution in [0.5, 0.6) is 5.75 Å². The minimum Gasteiger partial charge on any atom is -0.423 e. The van der Waals surface area contributed by atoms with E-state index in [1.807, 2.05) is 24.3 Å². The molecule has 0 aromatic heterocycles. The summed E-state index contributed by atoms with van der Waals surface area (Å²) in [6.45, 7) is 2.26. The van der Waals surface area contributed by atoms with Crippen LogP contribution in [0.4, 0.5) is 0 Å². The molecule has 0 atom stereocenters. The standard InChI is InChI=1S/C31H43O2/c1-2-3-4-5-6-7-8-10-15-27-18-22-29(23-19-27)31(32)33-30-24-20-28(21-25-30)17-16-26-13-11-9-12-14-26/h9,18-26H,2-8,10-17H2,1H3. The highest BCUT2D eigenvalue weighted by atomic mass is 16.5. The minimum atomic E-state index is -0.278. The average molecular weight is 448 g/mol. The number of hydrogen-bond acceptors (Lipinski definition) is 2. The normalized spacial score (nSPS) is 14.3. The van der Waals surface area contributed by atoms with Gasteiger partial charge < -0.3 is 4.74 Å². The van der Waals surface area contributed by atoms with E-state index in [0.29, 0.717) is 11.3 Å². The Balaban J connectivity index is 1.34. The van der Waals surface area contributed by atoms with Crippen LogP contribution in [0, 0.1) is 12.3 Å². The lowest BCUT2D eigenvalue weighted by Gasteiger charge is -2.21. The van der Waals surface area contributed by atoms with Gasteiger partial charge in [0.05, 0.1) is 5.56 Å². The smallest absolute Gasteiger partial charge is 0.343 e. The summed E-state index contributed by atoms with van der Waals surface area (Å²) in [5, 5.41) is 0. The molecule has 3 rings (SSSR count). The van der Waals surface area contributed by atoms with Crippen LogP contribution >= 0.6 is 0 Å². The van der Waals surface area contributed by atoms with Crippen molar-refractivity contribution in [2.45, 2.75) is 103 Å². The Morgan fingerprint density at radius 1 is 0.758 bits per heavy atom. The SMILES string of the molecule is CCCCCCCCCCc1ccc(C(=O)Oc2ccc(CCC3CC[CH]CC3)cc2)cc1. The zero-order valence-electron chi connectivity index (χ0n) is 20.7. The van der Waals surface area contributed by atoms with Gasteiger partial charge in [0.1, 0.15) is 5.75 Å². The van der Waals surface area contributed by atoms with E-state index in [0.717, 1.165) is 18.8 Å². The van der Waals surface area contributed by atoms with E-state index in [-0.39, 0.29) is 5.97 Å². The molecule has 2 nitrogen and oxygen atoms in total. The number of rotatable bonds is 14. The second-order valence-corrected chi connectivity index (χ2v) is 9.80. The van der Waals surface area contributed by atoms with E-state index in [2.05, 4.69) is 37.6 Å². The maximum absolute atomic E-state index is 12.5. The molecule has 2 aromatic rings. The van der Waals surface area contributed by atoms with E-state index in [1.54, 1.807) is 0 Å². The Kier molecular flexibility index (Phi) is 11.6. The number of carbonyl (C=O) groups excluding carboxylic acids is 1. The molecule has 1 fully saturated rings. The first-order valence-electron chi connectivity index (χ1n) is 13.5. The summed E-state index contributed by atoms with van der Waals surface area (Å²) >= 11 is 0. The molecule has 0 N–H and O–H groups in total. The molecule has 179 valence electrons. The van der Waals surface area contributed by atoms with Crippen LogP contribution in [0.2, 0.25) is 0 Å². The second kappa shape index (κ2) is 14.9. The highest BCUT2D eigenvalue weighted by molar-refractivity contribution is 5.91. The fourth-order valence-corrected chi connectivity index (χ4v) is 4.82. The molecule has 0 heterocycles. The lowest BCUT2D eigenvalue weighted by molar-refractivity contribution is 0.0734. The number of unbranched alkanes of at least 4 members (excludes halogenated alkanes) is 7. The summed E-state index contributed by atoms with van der Waals surface area (Å²) in [6.07, 6.45) is 21.8. The fraction of sp³-hybridized carbons (Fsp3) is 0.548. The minimum absolute atomic E-state index is 0.278. The second-order valence-electron chi connectivity index (χ2n) is 9.80. The number of carbonyl (C=O) groups is 1. The van der Waals surface area contributed by atoms with Crippen molar-refractivity contribution in [1.29, 1.82) is 0 Å². The van der Waals surface area contributed by atoms with Gasteiger partial charge in [-0.1, -0.05) is 89.0 Å². The Morgan fingerprint density at radius 2 is 1.33 bits per heavy atom. The van der Waals surface area contributed by atoms with Crippen molar-refractivity contribution in [3.05, 3.63) is 71.6 Å². The Hall–Kier alpha value is -2.09. The first kappa shape index (κ1) is 25.5. The monoisotopic (exact) mass is 447 g/mol. The van der Waals surface area contributed by atoms with Gasteiger partial charge >= 0.3 is 5.97 Å². The molecule has 1 radical (unpaired) electrons. The van der Waals surface area contributed by atoms with Gasteiger partial charge in [-0.3, -0.25) is 0 Å². The molecular formula is C31H43O2. The molecule has 2 heteroatoms. The van der Waals surface area contributed by atoms with Crippen LogP contribution in [0.25, 0.3) is 0 Å². The first-order valence-corrected chi connectivity index (χ1v) is 13.5. The molecule has 1 aliphatic carbocycles. The van der Waals surface area contributed by atoms with E-state index in [9.17, 15) is 4.79 Å². The lowest BCUT2D eigenvalue weighted by Crippen LogP contribution is -2.09. The van der Waals surface area contributed by atoms with Gasteiger partial charge in [0.2, 0.25) is 0 Å². The number of aryl methyl sites for hydroxylation is 2. The van der Waals surface area contributed by atoms with Crippen molar-refractivity contribution in [1.82, 2.24) is 0 Å². The summed E-state index contributed by atoms with van der Waals surface area (Å²) in [6, 6.07) is 16.0.